The van der Waals surface area contributed by atoms with Gasteiger partial charge in [-0.15, -0.1) is 0 Å². The lowest BCUT2D eigenvalue weighted by atomic mass is 10.1. The van der Waals surface area contributed by atoms with Crippen molar-refractivity contribution < 1.29 is 14.4 Å². The van der Waals surface area contributed by atoms with Crippen molar-refractivity contribution in [3.8, 4) is 0 Å². The minimum atomic E-state index is -0.618. The highest BCUT2D eigenvalue weighted by Crippen LogP contribution is 2.32. The first-order chi connectivity index (χ1) is 15.4. The van der Waals surface area contributed by atoms with Gasteiger partial charge in [0.15, 0.2) is 0 Å². The van der Waals surface area contributed by atoms with Crippen LogP contribution in [0.1, 0.15) is 41.6 Å². The van der Waals surface area contributed by atoms with E-state index in [0.717, 1.165) is 49.2 Å². The Morgan fingerprint density at radius 3 is 2.19 bits per heavy atom. The number of likely N-dealkylation sites (tertiary alicyclic amines) is 1. The molecular formula is C24H23Cl2N3O3. The Morgan fingerprint density at radius 1 is 0.906 bits per heavy atom. The first-order valence-electron chi connectivity index (χ1n) is 10.6. The smallest absolute Gasteiger partial charge is 0.283 e. The minimum Gasteiger partial charge on any atom is -0.350 e. The summed E-state index contributed by atoms with van der Waals surface area (Å²) in [5.74, 6) is -1.18. The van der Waals surface area contributed by atoms with Crippen LogP contribution in [0.25, 0.3) is 0 Å². The summed E-state index contributed by atoms with van der Waals surface area (Å²) < 4.78 is 0. The van der Waals surface area contributed by atoms with Crippen LogP contribution in [0.5, 0.6) is 0 Å². The molecule has 6 nitrogen and oxygen atoms in total. The monoisotopic (exact) mass is 471 g/mol. The van der Waals surface area contributed by atoms with Crippen LogP contribution in [-0.4, -0.2) is 35.7 Å². The molecule has 32 heavy (non-hydrogen) atoms. The number of nitrogens with zero attached hydrogens (tertiary/aromatic N) is 2. The van der Waals surface area contributed by atoms with Crippen LogP contribution in [0.2, 0.25) is 5.02 Å². The lowest BCUT2D eigenvalue weighted by Crippen LogP contribution is -2.32. The summed E-state index contributed by atoms with van der Waals surface area (Å²) in [7, 11) is 0. The summed E-state index contributed by atoms with van der Waals surface area (Å²) in [6, 6.07) is 11.8. The van der Waals surface area contributed by atoms with E-state index in [9.17, 15) is 14.4 Å². The van der Waals surface area contributed by atoms with Gasteiger partial charge in [0.1, 0.15) is 10.7 Å². The van der Waals surface area contributed by atoms with Gasteiger partial charge in [-0.25, -0.2) is 4.90 Å². The van der Waals surface area contributed by atoms with Crippen LogP contribution < -0.4 is 10.2 Å². The SMILES string of the molecule is Cc1ccc(N2C(=O)C(Cl)=C(Nc3ccc(C(=O)N4CCCCCC4)cc3)C2=O)cc1Cl. The third kappa shape index (κ3) is 4.38. The minimum absolute atomic E-state index is 0.00486. The van der Waals surface area contributed by atoms with Crippen LogP contribution in [-0.2, 0) is 9.59 Å². The maximum atomic E-state index is 12.9. The largest absolute Gasteiger partial charge is 0.350 e. The fourth-order valence-corrected chi connectivity index (χ4v) is 4.25. The molecule has 2 aromatic carbocycles. The summed E-state index contributed by atoms with van der Waals surface area (Å²) in [4.78, 5) is 41.2. The van der Waals surface area contributed by atoms with E-state index in [1.807, 2.05) is 11.8 Å². The van der Waals surface area contributed by atoms with Gasteiger partial charge in [0.05, 0.1) is 5.69 Å². The Labute approximate surface area is 196 Å². The molecule has 3 amide bonds. The highest BCUT2D eigenvalue weighted by atomic mass is 35.5. The van der Waals surface area contributed by atoms with Crippen LogP contribution in [0.4, 0.5) is 11.4 Å². The number of carbonyl (C=O) groups excluding carboxylic acids is 3. The normalized spacial score (nSPS) is 17.1. The van der Waals surface area contributed by atoms with Crippen molar-refractivity contribution in [2.24, 2.45) is 0 Å². The Morgan fingerprint density at radius 2 is 1.56 bits per heavy atom. The molecule has 1 saturated heterocycles. The molecule has 0 unspecified atom stereocenters. The Kier molecular flexibility index (Phi) is 6.53. The fraction of sp³-hybridized carbons (Fsp3) is 0.292. The van der Waals surface area contributed by atoms with Gasteiger partial charge in [-0.05, 0) is 61.7 Å². The second-order valence-corrected chi connectivity index (χ2v) is 8.76. The molecule has 0 radical (unpaired) electrons. The first-order valence-corrected chi connectivity index (χ1v) is 11.3. The van der Waals surface area contributed by atoms with Gasteiger partial charge in [-0.1, -0.05) is 42.1 Å². The van der Waals surface area contributed by atoms with E-state index >= 15 is 0 Å². The zero-order chi connectivity index (χ0) is 22.8. The molecule has 4 rings (SSSR count). The second kappa shape index (κ2) is 9.35. The van der Waals surface area contributed by atoms with E-state index in [-0.39, 0.29) is 16.6 Å². The Balaban J connectivity index is 1.49. The van der Waals surface area contributed by atoms with Gasteiger partial charge in [-0.2, -0.15) is 0 Å². The quantitative estimate of drug-likeness (QED) is 0.629. The Hall–Kier alpha value is -2.83. The summed E-state index contributed by atoms with van der Waals surface area (Å²) in [6.45, 7) is 3.38. The molecule has 166 valence electrons. The molecule has 2 aromatic rings. The number of imide groups is 1. The summed E-state index contributed by atoms with van der Waals surface area (Å²) in [6.07, 6.45) is 4.36. The summed E-state index contributed by atoms with van der Waals surface area (Å²) >= 11 is 12.4. The number of halogens is 2. The number of rotatable bonds is 4. The predicted octanol–water partition coefficient (Wildman–Crippen LogP) is 5.10. The first kappa shape index (κ1) is 22.4. The summed E-state index contributed by atoms with van der Waals surface area (Å²) in [5, 5.41) is 3.18. The van der Waals surface area contributed by atoms with Gasteiger partial charge in [0.25, 0.3) is 17.7 Å². The van der Waals surface area contributed by atoms with E-state index in [2.05, 4.69) is 5.32 Å². The molecule has 0 aliphatic carbocycles. The van der Waals surface area contributed by atoms with Crippen molar-refractivity contribution >= 4 is 52.3 Å². The third-order valence-corrected chi connectivity index (χ3v) is 6.49. The standard InChI is InChI=1S/C24H23Cl2N3O3/c1-15-6-11-18(14-19(15)25)29-23(31)20(26)21(24(29)32)27-17-9-7-16(8-10-17)22(30)28-12-4-2-3-5-13-28/h6-11,14,27H,2-5,12-13H2,1H3. The molecule has 0 saturated carbocycles. The highest BCUT2D eigenvalue weighted by Gasteiger charge is 2.39. The molecule has 0 bridgehead atoms. The van der Waals surface area contributed by atoms with Gasteiger partial charge < -0.3 is 10.2 Å². The van der Waals surface area contributed by atoms with Crippen molar-refractivity contribution in [1.29, 1.82) is 0 Å². The van der Waals surface area contributed by atoms with Crippen LogP contribution in [0.15, 0.2) is 53.2 Å². The Bertz CT molecular complexity index is 1100. The van der Waals surface area contributed by atoms with E-state index in [1.54, 1.807) is 42.5 Å². The number of benzene rings is 2. The fourth-order valence-electron chi connectivity index (χ4n) is 3.86. The maximum Gasteiger partial charge on any atom is 0.283 e. The number of anilines is 2. The van der Waals surface area contributed by atoms with Gasteiger partial charge in [-0.3, -0.25) is 14.4 Å². The number of aryl methyl sites for hydroxylation is 1. The maximum absolute atomic E-state index is 12.9. The van der Waals surface area contributed by atoms with Gasteiger partial charge >= 0.3 is 0 Å². The van der Waals surface area contributed by atoms with Crippen molar-refractivity contribution in [2.75, 3.05) is 23.3 Å². The predicted molar refractivity (Wildman–Crippen MR) is 126 cm³/mol. The van der Waals surface area contributed by atoms with Crippen molar-refractivity contribution in [2.45, 2.75) is 32.6 Å². The second-order valence-electron chi connectivity index (χ2n) is 7.98. The van der Waals surface area contributed by atoms with E-state index < -0.39 is 11.8 Å². The van der Waals surface area contributed by atoms with Crippen LogP contribution in [0.3, 0.4) is 0 Å². The molecule has 1 fully saturated rings. The topological polar surface area (TPSA) is 69.7 Å². The molecule has 1 N–H and O–H groups in total. The molecule has 0 aromatic heterocycles. The number of hydrogen-bond donors (Lipinski definition) is 1. The average molecular weight is 472 g/mol. The third-order valence-electron chi connectivity index (χ3n) is 5.74. The van der Waals surface area contributed by atoms with E-state index in [4.69, 9.17) is 23.2 Å². The van der Waals surface area contributed by atoms with Crippen LogP contribution >= 0.6 is 23.2 Å². The molecule has 8 heteroatoms. The lowest BCUT2D eigenvalue weighted by Gasteiger charge is -2.20. The molecule has 2 heterocycles. The molecule has 0 spiro atoms. The number of hydrogen-bond acceptors (Lipinski definition) is 4. The lowest BCUT2D eigenvalue weighted by molar-refractivity contribution is -0.120. The zero-order valence-corrected chi connectivity index (χ0v) is 19.2. The molecule has 2 aliphatic rings. The van der Waals surface area contributed by atoms with E-state index in [1.165, 1.54) is 0 Å². The van der Waals surface area contributed by atoms with Gasteiger partial charge in [0, 0.05) is 29.4 Å². The van der Waals surface area contributed by atoms with Crippen molar-refractivity contribution in [3.05, 3.63) is 69.3 Å². The summed E-state index contributed by atoms with van der Waals surface area (Å²) in [5.41, 5.74) is 2.31. The number of nitrogens with one attached hydrogen (secondary N) is 1. The zero-order valence-electron chi connectivity index (χ0n) is 17.7. The number of carbonyl (C=O) groups is 3. The number of amides is 3. The molecule has 2 aliphatic heterocycles. The van der Waals surface area contributed by atoms with Crippen molar-refractivity contribution in [3.63, 3.8) is 0 Å². The van der Waals surface area contributed by atoms with Crippen molar-refractivity contribution in [1.82, 2.24) is 4.90 Å². The van der Waals surface area contributed by atoms with E-state index in [0.29, 0.717) is 22.0 Å². The highest BCUT2D eigenvalue weighted by molar-refractivity contribution is 6.53. The molecule has 0 atom stereocenters. The molecular weight excluding hydrogens is 449 g/mol. The average Bonchev–Trinajstić information content (AvgIpc) is 2.99. The van der Waals surface area contributed by atoms with Crippen LogP contribution in [0, 0.1) is 6.92 Å². The van der Waals surface area contributed by atoms with Gasteiger partial charge in [0.2, 0.25) is 0 Å².